The monoisotopic (exact) mass is 458 g/mol. The van der Waals surface area contributed by atoms with Gasteiger partial charge >= 0.3 is 12.4 Å². The molecule has 10 heteroatoms. The molecule has 0 aliphatic carbocycles. The maximum absolute atomic E-state index is 12.9. The quantitative estimate of drug-likeness (QED) is 0.566. The number of nitrogens with zero attached hydrogens (tertiary/aromatic N) is 3. The van der Waals surface area contributed by atoms with Crippen LogP contribution in [0.2, 0.25) is 0 Å². The maximum atomic E-state index is 12.9. The highest BCUT2D eigenvalue weighted by Gasteiger charge is 2.31. The Morgan fingerprint density at radius 2 is 1.70 bits per heavy atom. The maximum Gasteiger partial charge on any atom is 0.573 e. The molecule has 172 valence electrons. The number of halogens is 3. The molecular weight excluding hydrogens is 437 g/mol. The molecule has 1 N–H and O–H groups in total. The Morgan fingerprint density at radius 1 is 1.03 bits per heavy atom. The molecule has 1 saturated heterocycles. The van der Waals surface area contributed by atoms with Crippen LogP contribution in [0.5, 0.6) is 11.8 Å². The largest absolute Gasteiger partial charge is 0.573 e. The summed E-state index contributed by atoms with van der Waals surface area (Å²) in [5.41, 5.74) is 3.25. The van der Waals surface area contributed by atoms with Gasteiger partial charge in [0.05, 0.1) is 7.11 Å². The first kappa shape index (κ1) is 22.4. The average molecular weight is 458 g/mol. The van der Waals surface area contributed by atoms with Gasteiger partial charge in [0, 0.05) is 53.5 Å². The third kappa shape index (κ3) is 5.51. The van der Waals surface area contributed by atoms with Gasteiger partial charge < -0.3 is 19.7 Å². The average Bonchev–Trinajstić information content (AvgIpc) is 3.34. The number of benzene rings is 2. The van der Waals surface area contributed by atoms with Crippen LogP contribution in [0, 0.1) is 0 Å². The van der Waals surface area contributed by atoms with E-state index < -0.39 is 12.3 Å². The molecule has 1 aromatic heterocycles. The Labute approximate surface area is 188 Å². The summed E-state index contributed by atoms with van der Waals surface area (Å²) in [6.45, 7) is 1.84. The zero-order valence-corrected chi connectivity index (χ0v) is 17.7. The van der Waals surface area contributed by atoms with E-state index >= 15 is 0 Å². The van der Waals surface area contributed by atoms with Crippen LogP contribution in [0.1, 0.15) is 23.2 Å². The summed E-state index contributed by atoms with van der Waals surface area (Å²) < 4.78 is 45.9. The lowest BCUT2D eigenvalue weighted by Crippen LogP contribution is -2.19. The summed E-state index contributed by atoms with van der Waals surface area (Å²) in [6, 6.07) is 10.6. The number of alkyl halides is 3. The number of carbonyl (C=O) groups excluding carboxylic acids is 1. The van der Waals surface area contributed by atoms with Gasteiger partial charge in [-0.1, -0.05) is 0 Å². The lowest BCUT2D eigenvalue weighted by molar-refractivity contribution is -0.274. The van der Waals surface area contributed by atoms with Crippen molar-refractivity contribution in [2.45, 2.75) is 19.2 Å². The summed E-state index contributed by atoms with van der Waals surface area (Å²) >= 11 is 0. The van der Waals surface area contributed by atoms with Gasteiger partial charge in [-0.25, -0.2) is 9.97 Å². The number of rotatable bonds is 6. The molecule has 0 bridgehead atoms. The van der Waals surface area contributed by atoms with Crippen LogP contribution in [0.4, 0.5) is 24.5 Å². The molecule has 0 radical (unpaired) electrons. The van der Waals surface area contributed by atoms with Crippen molar-refractivity contribution in [3.8, 4) is 22.9 Å². The molecule has 1 amide bonds. The lowest BCUT2D eigenvalue weighted by Gasteiger charge is -2.22. The Kier molecular flexibility index (Phi) is 6.34. The lowest BCUT2D eigenvalue weighted by atomic mass is 10.0. The van der Waals surface area contributed by atoms with Gasteiger partial charge in [0.25, 0.3) is 5.91 Å². The van der Waals surface area contributed by atoms with E-state index in [1.807, 2.05) is 6.07 Å². The van der Waals surface area contributed by atoms with Crippen molar-refractivity contribution in [2.75, 3.05) is 30.4 Å². The van der Waals surface area contributed by atoms with Crippen LogP contribution in [0.25, 0.3) is 11.1 Å². The second kappa shape index (κ2) is 9.35. The standard InChI is InChI=1S/C23H21F3N4O3/c1-32-22-27-13-16(14-28-22)19-12-15(4-9-20(19)30-10-2-3-11-30)21(31)29-17-5-7-18(8-6-17)33-23(24,25)26/h4-9,12-14H,2-3,10-11H2,1H3,(H,29,31). The Morgan fingerprint density at radius 3 is 2.30 bits per heavy atom. The molecule has 7 nitrogen and oxygen atoms in total. The number of methoxy groups -OCH3 is 1. The molecule has 1 aliphatic rings. The van der Waals surface area contributed by atoms with E-state index in [1.165, 1.54) is 19.2 Å². The van der Waals surface area contributed by atoms with Crippen LogP contribution >= 0.6 is 0 Å². The van der Waals surface area contributed by atoms with E-state index in [2.05, 4.69) is 24.9 Å². The number of aromatic nitrogens is 2. The molecule has 0 unspecified atom stereocenters. The van der Waals surface area contributed by atoms with Crippen LogP contribution < -0.4 is 19.7 Å². The van der Waals surface area contributed by atoms with Crippen LogP contribution in [0.15, 0.2) is 54.9 Å². The van der Waals surface area contributed by atoms with Crippen molar-refractivity contribution < 1.29 is 27.4 Å². The highest BCUT2D eigenvalue weighted by Crippen LogP contribution is 2.34. The normalized spacial score (nSPS) is 13.6. The molecule has 33 heavy (non-hydrogen) atoms. The van der Waals surface area contributed by atoms with Crippen LogP contribution in [-0.4, -0.2) is 42.4 Å². The summed E-state index contributed by atoms with van der Waals surface area (Å²) in [5.74, 6) is -0.764. The van der Waals surface area contributed by atoms with E-state index in [4.69, 9.17) is 4.74 Å². The molecule has 0 atom stereocenters. The fourth-order valence-corrected chi connectivity index (χ4v) is 3.65. The minimum absolute atomic E-state index is 0.244. The van der Waals surface area contributed by atoms with E-state index in [0.717, 1.165) is 54.9 Å². The van der Waals surface area contributed by atoms with Crippen molar-refractivity contribution in [3.05, 3.63) is 60.4 Å². The third-order valence-electron chi connectivity index (χ3n) is 5.17. The first-order chi connectivity index (χ1) is 15.8. The van der Waals surface area contributed by atoms with E-state index in [1.54, 1.807) is 24.5 Å². The number of nitrogens with one attached hydrogen (secondary N) is 1. The van der Waals surface area contributed by atoms with Gasteiger partial charge in [-0.15, -0.1) is 13.2 Å². The molecule has 3 aromatic rings. The molecule has 1 fully saturated rings. The van der Waals surface area contributed by atoms with Gasteiger partial charge in [0.2, 0.25) is 0 Å². The fraction of sp³-hybridized carbons (Fsp3) is 0.261. The number of ether oxygens (including phenoxy) is 2. The van der Waals surface area contributed by atoms with Crippen LogP contribution in [-0.2, 0) is 0 Å². The van der Waals surface area contributed by atoms with Crippen molar-refractivity contribution in [3.63, 3.8) is 0 Å². The van der Waals surface area contributed by atoms with E-state index in [-0.39, 0.29) is 11.8 Å². The topological polar surface area (TPSA) is 76.6 Å². The predicted molar refractivity (Wildman–Crippen MR) is 117 cm³/mol. The molecule has 2 aromatic carbocycles. The molecule has 0 spiro atoms. The first-order valence-corrected chi connectivity index (χ1v) is 10.2. The highest BCUT2D eigenvalue weighted by molar-refractivity contribution is 6.05. The Bertz CT molecular complexity index is 1110. The van der Waals surface area contributed by atoms with Crippen molar-refractivity contribution in [1.82, 2.24) is 9.97 Å². The van der Waals surface area contributed by atoms with Gasteiger partial charge in [-0.2, -0.15) is 0 Å². The van der Waals surface area contributed by atoms with Gasteiger partial charge in [-0.05, 0) is 55.3 Å². The smallest absolute Gasteiger partial charge is 0.467 e. The molecule has 4 rings (SSSR count). The SMILES string of the molecule is COc1ncc(-c2cc(C(=O)Nc3ccc(OC(F)(F)F)cc3)ccc2N2CCCC2)cn1. The number of carbonyl (C=O) groups is 1. The number of hydrogen-bond acceptors (Lipinski definition) is 6. The fourth-order valence-electron chi connectivity index (χ4n) is 3.65. The molecule has 0 saturated carbocycles. The first-order valence-electron chi connectivity index (χ1n) is 10.2. The minimum atomic E-state index is -4.77. The number of amides is 1. The highest BCUT2D eigenvalue weighted by atomic mass is 19.4. The Balaban J connectivity index is 1.58. The summed E-state index contributed by atoms with van der Waals surface area (Å²) in [4.78, 5) is 23.5. The van der Waals surface area contributed by atoms with Crippen molar-refractivity contribution in [2.24, 2.45) is 0 Å². The summed E-state index contributed by atoms with van der Waals surface area (Å²) in [7, 11) is 1.48. The molecule has 1 aliphatic heterocycles. The number of anilines is 2. The minimum Gasteiger partial charge on any atom is -0.467 e. The summed E-state index contributed by atoms with van der Waals surface area (Å²) in [5, 5.41) is 2.69. The molecular formula is C23H21F3N4O3. The van der Waals surface area contributed by atoms with Gasteiger partial charge in [0.1, 0.15) is 5.75 Å². The number of hydrogen-bond donors (Lipinski definition) is 1. The van der Waals surface area contributed by atoms with Crippen LogP contribution in [0.3, 0.4) is 0 Å². The second-order valence-electron chi connectivity index (χ2n) is 7.41. The van der Waals surface area contributed by atoms with E-state index in [0.29, 0.717) is 11.3 Å². The zero-order valence-electron chi connectivity index (χ0n) is 17.7. The van der Waals surface area contributed by atoms with Gasteiger partial charge in [-0.3, -0.25) is 4.79 Å². The summed E-state index contributed by atoms with van der Waals surface area (Å²) in [6.07, 6.45) is 0.691. The van der Waals surface area contributed by atoms with E-state index in [9.17, 15) is 18.0 Å². The van der Waals surface area contributed by atoms with Gasteiger partial charge in [0.15, 0.2) is 0 Å². The third-order valence-corrected chi connectivity index (χ3v) is 5.17. The van der Waals surface area contributed by atoms with Crippen molar-refractivity contribution >= 4 is 17.3 Å². The Hall–Kier alpha value is -3.82. The second-order valence-corrected chi connectivity index (χ2v) is 7.41. The predicted octanol–water partition coefficient (Wildman–Crippen LogP) is 4.90. The van der Waals surface area contributed by atoms with Crippen molar-refractivity contribution in [1.29, 1.82) is 0 Å². The zero-order chi connectivity index (χ0) is 23.4. The molecule has 2 heterocycles.